The molecule has 1 heterocycles. The van der Waals surface area contributed by atoms with Gasteiger partial charge in [-0.25, -0.2) is 4.90 Å². The van der Waals surface area contributed by atoms with Crippen LogP contribution in [0.5, 0.6) is 11.5 Å². The molecule has 0 N–H and O–H groups in total. The Labute approximate surface area is 238 Å². The number of hydrogen-bond donors (Lipinski definition) is 0. The van der Waals surface area contributed by atoms with Gasteiger partial charge in [-0.15, -0.1) is 0 Å². The quantitative estimate of drug-likeness (QED) is 0.181. The Balaban J connectivity index is 1.41. The summed E-state index contributed by atoms with van der Waals surface area (Å²) in [5.41, 5.74) is 5.25. The van der Waals surface area contributed by atoms with Crippen LogP contribution in [0.15, 0.2) is 121 Å². The fraction of sp³-hybridized carbons (Fsp3) is 0.0270. The molecule has 0 saturated heterocycles. The summed E-state index contributed by atoms with van der Waals surface area (Å²) in [5.74, 6) is 13.1. The van der Waals surface area contributed by atoms with E-state index in [1.807, 2.05) is 85.8 Å². The Morgan fingerprint density at radius 1 is 0.537 bits per heavy atom. The van der Waals surface area contributed by atoms with Gasteiger partial charge in [0.15, 0.2) is 0 Å². The first kappa shape index (κ1) is 25.4. The number of anilines is 1. The number of aryl methyl sites for hydroxylation is 1. The maximum Gasteiger partial charge on any atom is 0.266 e. The van der Waals surface area contributed by atoms with Crippen LogP contribution in [0.1, 0.15) is 48.5 Å². The normalized spacial score (nSPS) is 11.7. The van der Waals surface area contributed by atoms with Crippen LogP contribution in [-0.2, 0) is 0 Å². The molecule has 0 spiro atoms. The lowest BCUT2D eigenvalue weighted by Gasteiger charge is -2.16. The average molecular weight is 530 g/mol. The SMILES string of the molecule is Cc1ccc(Oc2ccc(N3C(=O)c4ccccc4C3=O)cc2C#Cc2ccccc2)c(C#Cc2ccccc2)c1. The maximum absolute atomic E-state index is 13.2. The van der Waals surface area contributed by atoms with E-state index in [4.69, 9.17) is 4.74 Å². The highest BCUT2D eigenvalue weighted by Crippen LogP contribution is 2.34. The Hall–Kier alpha value is -5.84. The maximum atomic E-state index is 13.2. The van der Waals surface area contributed by atoms with Gasteiger partial charge in [-0.3, -0.25) is 9.59 Å². The second-order valence-corrected chi connectivity index (χ2v) is 9.51. The smallest absolute Gasteiger partial charge is 0.266 e. The van der Waals surface area contributed by atoms with Crippen LogP contribution in [0.25, 0.3) is 0 Å². The van der Waals surface area contributed by atoms with E-state index in [0.29, 0.717) is 33.9 Å². The second kappa shape index (κ2) is 11.1. The number of hydrogen-bond acceptors (Lipinski definition) is 3. The summed E-state index contributed by atoms with van der Waals surface area (Å²) in [6.45, 7) is 2.01. The third-order valence-corrected chi connectivity index (χ3v) is 6.60. The van der Waals surface area contributed by atoms with Crippen LogP contribution in [0.2, 0.25) is 0 Å². The summed E-state index contributed by atoms with van der Waals surface area (Å²) >= 11 is 0. The minimum atomic E-state index is -0.363. The zero-order chi connectivity index (χ0) is 28.2. The first-order chi connectivity index (χ1) is 20.1. The molecule has 41 heavy (non-hydrogen) atoms. The summed E-state index contributed by atoms with van der Waals surface area (Å²) in [5, 5.41) is 0. The van der Waals surface area contributed by atoms with Crippen LogP contribution in [-0.4, -0.2) is 11.8 Å². The monoisotopic (exact) mass is 529 g/mol. The van der Waals surface area contributed by atoms with Gasteiger partial charge in [-0.1, -0.05) is 78.3 Å². The lowest BCUT2D eigenvalue weighted by molar-refractivity contribution is 0.0926. The van der Waals surface area contributed by atoms with Gasteiger partial charge in [0, 0.05) is 11.1 Å². The lowest BCUT2D eigenvalue weighted by atomic mass is 10.1. The van der Waals surface area contributed by atoms with Crippen LogP contribution in [0.3, 0.4) is 0 Å². The van der Waals surface area contributed by atoms with E-state index >= 15 is 0 Å². The Morgan fingerprint density at radius 2 is 1.02 bits per heavy atom. The van der Waals surface area contributed by atoms with Crippen molar-refractivity contribution in [3.05, 3.63) is 160 Å². The summed E-state index contributed by atoms with van der Waals surface area (Å²) in [4.78, 5) is 27.5. The van der Waals surface area contributed by atoms with Gasteiger partial charge in [0.1, 0.15) is 11.5 Å². The fourth-order valence-electron chi connectivity index (χ4n) is 4.54. The van der Waals surface area contributed by atoms with Crippen molar-refractivity contribution in [1.29, 1.82) is 0 Å². The van der Waals surface area contributed by atoms with Gasteiger partial charge in [0.05, 0.1) is 27.9 Å². The number of imide groups is 1. The Kier molecular flexibility index (Phi) is 6.89. The average Bonchev–Trinajstić information content (AvgIpc) is 3.27. The number of carbonyl (C=O) groups is 2. The molecule has 0 unspecified atom stereocenters. The van der Waals surface area contributed by atoms with Crippen LogP contribution >= 0.6 is 0 Å². The number of nitrogens with zero attached hydrogens (tertiary/aromatic N) is 1. The molecule has 4 nitrogen and oxygen atoms in total. The molecule has 1 aliphatic rings. The Bertz CT molecular complexity index is 1880. The van der Waals surface area contributed by atoms with E-state index in [1.54, 1.807) is 42.5 Å². The number of amides is 2. The summed E-state index contributed by atoms with van der Waals surface area (Å²) < 4.78 is 6.41. The lowest BCUT2D eigenvalue weighted by Crippen LogP contribution is -2.29. The third kappa shape index (κ3) is 5.36. The molecule has 6 rings (SSSR count). The zero-order valence-corrected chi connectivity index (χ0v) is 22.2. The number of carbonyl (C=O) groups excluding carboxylic acids is 2. The van der Waals surface area contributed by atoms with Crippen molar-refractivity contribution in [2.45, 2.75) is 6.92 Å². The van der Waals surface area contributed by atoms with Gasteiger partial charge in [-0.2, -0.15) is 0 Å². The van der Waals surface area contributed by atoms with Crippen LogP contribution in [0, 0.1) is 30.6 Å². The van der Waals surface area contributed by atoms with E-state index in [-0.39, 0.29) is 11.8 Å². The molecule has 5 aromatic rings. The molecule has 0 bridgehead atoms. The summed E-state index contributed by atoms with van der Waals surface area (Å²) in [6, 6.07) is 37.2. The molecule has 194 valence electrons. The van der Waals surface area contributed by atoms with Crippen molar-refractivity contribution >= 4 is 17.5 Å². The number of fused-ring (bicyclic) bond motifs is 1. The molecule has 0 aromatic heterocycles. The van der Waals surface area contributed by atoms with E-state index < -0.39 is 0 Å². The molecule has 1 aliphatic heterocycles. The molecule has 0 aliphatic carbocycles. The minimum Gasteiger partial charge on any atom is -0.455 e. The van der Waals surface area contributed by atoms with Crippen LogP contribution in [0.4, 0.5) is 5.69 Å². The predicted molar refractivity (Wildman–Crippen MR) is 160 cm³/mol. The molecule has 0 saturated carbocycles. The van der Waals surface area contributed by atoms with Gasteiger partial charge < -0.3 is 4.74 Å². The van der Waals surface area contributed by atoms with E-state index in [1.165, 1.54) is 4.90 Å². The molecule has 2 amide bonds. The van der Waals surface area contributed by atoms with Crippen molar-refractivity contribution in [2.24, 2.45) is 0 Å². The first-order valence-corrected chi connectivity index (χ1v) is 13.1. The molecule has 4 heteroatoms. The first-order valence-electron chi connectivity index (χ1n) is 13.1. The summed E-state index contributed by atoms with van der Waals surface area (Å²) in [6.07, 6.45) is 0. The summed E-state index contributed by atoms with van der Waals surface area (Å²) in [7, 11) is 0. The topological polar surface area (TPSA) is 46.6 Å². The van der Waals surface area contributed by atoms with E-state index in [9.17, 15) is 9.59 Å². The molecule has 0 atom stereocenters. The highest BCUT2D eigenvalue weighted by Gasteiger charge is 2.36. The number of ether oxygens (including phenoxy) is 1. The molecular weight excluding hydrogens is 506 g/mol. The van der Waals surface area contributed by atoms with Crippen LogP contribution < -0.4 is 9.64 Å². The highest BCUT2D eigenvalue weighted by atomic mass is 16.5. The molecular formula is C37H23NO3. The highest BCUT2D eigenvalue weighted by molar-refractivity contribution is 6.34. The zero-order valence-electron chi connectivity index (χ0n) is 22.2. The third-order valence-electron chi connectivity index (χ3n) is 6.60. The molecule has 0 radical (unpaired) electrons. The number of benzene rings is 5. The van der Waals surface area contributed by atoms with Crippen molar-refractivity contribution in [3.8, 4) is 35.2 Å². The fourth-order valence-corrected chi connectivity index (χ4v) is 4.54. The Morgan fingerprint density at radius 3 is 1.59 bits per heavy atom. The van der Waals surface area contributed by atoms with Gasteiger partial charge >= 0.3 is 0 Å². The largest absolute Gasteiger partial charge is 0.455 e. The van der Waals surface area contributed by atoms with Gasteiger partial charge in [0.25, 0.3) is 11.8 Å². The van der Waals surface area contributed by atoms with E-state index in [2.05, 4.69) is 23.7 Å². The van der Waals surface area contributed by atoms with Crippen molar-refractivity contribution in [3.63, 3.8) is 0 Å². The van der Waals surface area contributed by atoms with Gasteiger partial charge in [0.2, 0.25) is 0 Å². The van der Waals surface area contributed by atoms with Crippen molar-refractivity contribution in [1.82, 2.24) is 0 Å². The van der Waals surface area contributed by atoms with E-state index in [0.717, 1.165) is 22.3 Å². The standard InChI is InChI=1S/C37H23NO3/c1-26-16-22-34(29(24-26)19-17-27-10-4-2-5-11-27)41-35-23-21-31(25-30(35)20-18-28-12-6-3-7-13-28)38-36(39)32-14-8-9-15-33(32)37(38)40/h2-16,21-25H,1H3. The van der Waals surface area contributed by atoms with Crippen molar-refractivity contribution in [2.75, 3.05) is 4.90 Å². The predicted octanol–water partition coefficient (Wildman–Crippen LogP) is 7.39. The number of rotatable bonds is 3. The minimum absolute atomic E-state index is 0.363. The second-order valence-electron chi connectivity index (χ2n) is 9.51. The van der Waals surface area contributed by atoms with Crippen molar-refractivity contribution < 1.29 is 14.3 Å². The molecule has 0 fully saturated rings. The molecule has 5 aromatic carbocycles. The van der Waals surface area contributed by atoms with Gasteiger partial charge in [-0.05, 0) is 79.2 Å².